The number of benzene rings is 1. The van der Waals surface area contributed by atoms with Crippen LogP contribution < -0.4 is 10.3 Å². The Balaban J connectivity index is 1.61. The van der Waals surface area contributed by atoms with Crippen LogP contribution >= 0.6 is 0 Å². The average molecular weight is 340 g/mol. The fourth-order valence-corrected chi connectivity index (χ4v) is 3.21. The summed E-state index contributed by atoms with van der Waals surface area (Å²) in [5.41, 5.74) is 4.07. The second-order valence-electron chi connectivity index (χ2n) is 6.38. The van der Waals surface area contributed by atoms with E-state index in [0.29, 0.717) is 25.3 Å². The Kier molecular flexibility index (Phi) is 4.03. The standard InChI is InChI=1S/C18H20N4O3/c1-12-6-17-19-15(8-18(24)22(17)20-12)10-21-4-5-25-16-3-2-13(11-23)7-14(16)9-21/h2-3,6-8,20,23H,4-5,9-11H2,1H3. The molecule has 25 heavy (non-hydrogen) atoms. The van der Waals surface area contributed by atoms with Gasteiger partial charge in [-0.15, -0.1) is 0 Å². The highest BCUT2D eigenvalue weighted by Crippen LogP contribution is 2.25. The first-order valence-corrected chi connectivity index (χ1v) is 8.28. The number of aryl methyl sites for hydroxylation is 1. The number of nitrogens with zero attached hydrogens (tertiary/aromatic N) is 3. The molecule has 0 radical (unpaired) electrons. The molecule has 2 N–H and O–H groups in total. The van der Waals surface area contributed by atoms with Crippen LogP contribution in [0.2, 0.25) is 0 Å². The van der Waals surface area contributed by atoms with Gasteiger partial charge in [-0.25, -0.2) is 9.50 Å². The van der Waals surface area contributed by atoms with Crippen molar-refractivity contribution in [2.24, 2.45) is 0 Å². The lowest BCUT2D eigenvalue weighted by Gasteiger charge is -2.18. The van der Waals surface area contributed by atoms with E-state index < -0.39 is 0 Å². The zero-order valence-corrected chi connectivity index (χ0v) is 14.0. The zero-order valence-electron chi connectivity index (χ0n) is 14.0. The number of ether oxygens (including phenoxy) is 1. The molecule has 0 atom stereocenters. The van der Waals surface area contributed by atoms with Gasteiger partial charge < -0.3 is 9.84 Å². The summed E-state index contributed by atoms with van der Waals surface area (Å²) in [4.78, 5) is 19.0. The Morgan fingerprint density at radius 2 is 2.20 bits per heavy atom. The maximum atomic E-state index is 12.2. The molecule has 0 spiro atoms. The van der Waals surface area contributed by atoms with Crippen LogP contribution in [-0.4, -0.2) is 37.8 Å². The molecule has 0 saturated carbocycles. The SMILES string of the molecule is Cc1cc2nc(CN3CCOc4ccc(CO)cc4C3)cc(=O)n2[nH]1. The van der Waals surface area contributed by atoms with E-state index in [9.17, 15) is 9.90 Å². The number of aliphatic hydroxyl groups excluding tert-OH is 1. The number of aromatic nitrogens is 3. The number of hydrogen-bond donors (Lipinski definition) is 2. The van der Waals surface area contributed by atoms with E-state index in [1.54, 1.807) is 6.07 Å². The van der Waals surface area contributed by atoms with Crippen molar-refractivity contribution in [3.63, 3.8) is 0 Å². The molecule has 3 heterocycles. The molecule has 1 aliphatic rings. The van der Waals surface area contributed by atoms with Gasteiger partial charge in [0.1, 0.15) is 12.4 Å². The maximum Gasteiger partial charge on any atom is 0.272 e. The molecule has 7 nitrogen and oxygen atoms in total. The second kappa shape index (κ2) is 6.34. The van der Waals surface area contributed by atoms with Gasteiger partial charge in [-0.2, -0.15) is 0 Å². The number of H-pyrrole nitrogens is 1. The maximum absolute atomic E-state index is 12.2. The topological polar surface area (TPSA) is 82.9 Å². The summed E-state index contributed by atoms with van der Waals surface area (Å²) >= 11 is 0. The van der Waals surface area contributed by atoms with Crippen LogP contribution in [0.5, 0.6) is 5.75 Å². The van der Waals surface area contributed by atoms with E-state index in [0.717, 1.165) is 34.8 Å². The van der Waals surface area contributed by atoms with Gasteiger partial charge in [0.05, 0.1) is 12.3 Å². The van der Waals surface area contributed by atoms with Crippen LogP contribution in [0.1, 0.15) is 22.5 Å². The van der Waals surface area contributed by atoms with Crippen molar-refractivity contribution in [1.82, 2.24) is 19.5 Å². The summed E-state index contributed by atoms with van der Waals surface area (Å²) in [6.07, 6.45) is 0. The molecule has 0 unspecified atom stereocenters. The van der Waals surface area contributed by atoms with Gasteiger partial charge in [0, 0.05) is 43.0 Å². The molecule has 130 valence electrons. The quantitative estimate of drug-likeness (QED) is 0.749. The number of aromatic amines is 1. The summed E-state index contributed by atoms with van der Waals surface area (Å²) in [5, 5.41) is 12.3. The van der Waals surface area contributed by atoms with Crippen LogP contribution in [0, 0.1) is 6.92 Å². The Labute approximate surface area is 144 Å². The van der Waals surface area contributed by atoms with Gasteiger partial charge in [0.25, 0.3) is 5.56 Å². The third kappa shape index (κ3) is 3.16. The van der Waals surface area contributed by atoms with Crippen molar-refractivity contribution < 1.29 is 9.84 Å². The first-order valence-electron chi connectivity index (χ1n) is 8.28. The molecule has 0 amide bonds. The van der Waals surface area contributed by atoms with E-state index in [4.69, 9.17) is 4.74 Å². The van der Waals surface area contributed by atoms with Crippen LogP contribution in [-0.2, 0) is 19.7 Å². The number of aliphatic hydroxyl groups is 1. The molecular weight excluding hydrogens is 320 g/mol. The van der Waals surface area contributed by atoms with Crippen molar-refractivity contribution >= 4 is 5.65 Å². The van der Waals surface area contributed by atoms with Crippen molar-refractivity contribution in [3.8, 4) is 5.75 Å². The van der Waals surface area contributed by atoms with Crippen LogP contribution in [0.4, 0.5) is 0 Å². The first-order chi connectivity index (χ1) is 12.1. The number of nitrogens with one attached hydrogen (secondary N) is 1. The van der Waals surface area contributed by atoms with Crippen molar-refractivity contribution in [2.75, 3.05) is 13.2 Å². The highest BCUT2D eigenvalue weighted by Gasteiger charge is 2.17. The van der Waals surface area contributed by atoms with E-state index in [-0.39, 0.29) is 12.2 Å². The molecule has 1 aromatic carbocycles. The summed E-state index contributed by atoms with van der Waals surface area (Å²) in [5.74, 6) is 0.851. The van der Waals surface area contributed by atoms with Gasteiger partial charge >= 0.3 is 0 Å². The summed E-state index contributed by atoms with van der Waals surface area (Å²) < 4.78 is 7.25. The number of fused-ring (bicyclic) bond motifs is 2. The highest BCUT2D eigenvalue weighted by molar-refractivity contribution is 5.40. The normalized spacial score (nSPS) is 15.0. The van der Waals surface area contributed by atoms with E-state index in [1.165, 1.54) is 4.52 Å². The lowest BCUT2D eigenvalue weighted by Crippen LogP contribution is -2.27. The average Bonchev–Trinajstić information content (AvgIpc) is 2.85. The minimum absolute atomic E-state index is 0.00904. The predicted molar refractivity (Wildman–Crippen MR) is 92.5 cm³/mol. The van der Waals surface area contributed by atoms with Gasteiger partial charge in [-0.05, 0) is 24.6 Å². The lowest BCUT2D eigenvalue weighted by atomic mass is 10.1. The van der Waals surface area contributed by atoms with E-state index in [2.05, 4.69) is 15.0 Å². The minimum atomic E-state index is -0.109. The molecule has 1 aliphatic heterocycles. The summed E-state index contributed by atoms with van der Waals surface area (Å²) in [7, 11) is 0. The van der Waals surface area contributed by atoms with Gasteiger partial charge in [0.2, 0.25) is 0 Å². The van der Waals surface area contributed by atoms with Crippen molar-refractivity contribution in [1.29, 1.82) is 0 Å². The fraction of sp³-hybridized carbons (Fsp3) is 0.333. The van der Waals surface area contributed by atoms with Gasteiger partial charge in [-0.3, -0.25) is 14.8 Å². The molecular formula is C18H20N4O3. The molecule has 7 heteroatoms. The van der Waals surface area contributed by atoms with Crippen LogP contribution in [0.25, 0.3) is 5.65 Å². The van der Waals surface area contributed by atoms with Crippen molar-refractivity contribution in [2.45, 2.75) is 26.6 Å². The Morgan fingerprint density at radius 1 is 1.32 bits per heavy atom. The molecule has 4 rings (SSSR count). The number of hydrogen-bond acceptors (Lipinski definition) is 5. The summed E-state index contributed by atoms with van der Waals surface area (Å²) in [6, 6.07) is 9.18. The minimum Gasteiger partial charge on any atom is -0.492 e. The highest BCUT2D eigenvalue weighted by atomic mass is 16.5. The molecule has 0 aliphatic carbocycles. The largest absolute Gasteiger partial charge is 0.492 e. The monoisotopic (exact) mass is 340 g/mol. The molecule has 0 bridgehead atoms. The fourth-order valence-electron chi connectivity index (χ4n) is 3.21. The Bertz CT molecular complexity index is 976. The Morgan fingerprint density at radius 3 is 3.04 bits per heavy atom. The third-order valence-electron chi connectivity index (χ3n) is 4.38. The lowest BCUT2D eigenvalue weighted by molar-refractivity contribution is 0.217. The number of rotatable bonds is 3. The van der Waals surface area contributed by atoms with Crippen LogP contribution in [0.3, 0.4) is 0 Å². The zero-order chi connectivity index (χ0) is 17.4. The predicted octanol–water partition coefficient (Wildman–Crippen LogP) is 1.22. The van der Waals surface area contributed by atoms with E-state index in [1.807, 2.05) is 31.2 Å². The smallest absolute Gasteiger partial charge is 0.272 e. The first kappa shape index (κ1) is 15.9. The Hall–Kier alpha value is -2.64. The van der Waals surface area contributed by atoms with E-state index >= 15 is 0 Å². The molecule has 2 aromatic heterocycles. The van der Waals surface area contributed by atoms with Crippen LogP contribution in [0.15, 0.2) is 35.1 Å². The molecule has 3 aromatic rings. The summed E-state index contributed by atoms with van der Waals surface area (Å²) in [6.45, 7) is 4.50. The molecule has 0 fully saturated rings. The third-order valence-corrected chi connectivity index (χ3v) is 4.38. The molecule has 0 saturated heterocycles. The second-order valence-corrected chi connectivity index (χ2v) is 6.38. The van der Waals surface area contributed by atoms with Gasteiger partial charge in [-0.1, -0.05) is 6.07 Å². The van der Waals surface area contributed by atoms with Crippen molar-refractivity contribution in [3.05, 3.63) is 63.2 Å². The van der Waals surface area contributed by atoms with Gasteiger partial charge in [0.15, 0.2) is 5.65 Å².